The van der Waals surface area contributed by atoms with Crippen molar-refractivity contribution in [1.29, 1.82) is 0 Å². The Bertz CT molecular complexity index is 1190. The third kappa shape index (κ3) is 6.18. The summed E-state index contributed by atoms with van der Waals surface area (Å²) in [4.78, 5) is 12.1. The smallest absolute Gasteiger partial charge is 0.240 e. The molecular formula is C23H21F3N2O3S. The maximum atomic E-state index is 13.6. The van der Waals surface area contributed by atoms with Crippen molar-refractivity contribution < 1.29 is 26.4 Å². The van der Waals surface area contributed by atoms with Gasteiger partial charge in [-0.2, -0.15) is 0 Å². The largest absolute Gasteiger partial charge is 0.323 e. The van der Waals surface area contributed by atoms with Gasteiger partial charge in [0.1, 0.15) is 0 Å². The fraction of sp³-hybridized carbons (Fsp3) is 0.174. The summed E-state index contributed by atoms with van der Waals surface area (Å²) in [5.41, 5.74) is 1.26. The first-order chi connectivity index (χ1) is 15.3. The zero-order valence-electron chi connectivity index (χ0n) is 16.9. The SMILES string of the molecule is O=C(CCc1ccc(S(=O)(=O)NCCc2ccccc2)cc1)Nc1ccc(F)c(F)c1F. The van der Waals surface area contributed by atoms with Crippen molar-refractivity contribution in [3.63, 3.8) is 0 Å². The number of halogens is 3. The lowest BCUT2D eigenvalue weighted by molar-refractivity contribution is -0.116. The summed E-state index contributed by atoms with van der Waals surface area (Å²) in [6.07, 6.45) is 0.755. The molecule has 0 spiro atoms. The minimum absolute atomic E-state index is 0.0557. The van der Waals surface area contributed by atoms with Crippen molar-refractivity contribution >= 4 is 21.6 Å². The first kappa shape index (κ1) is 23.5. The maximum Gasteiger partial charge on any atom is 0.240 e. The van der Waals surface area contributed by atoms with E-state index < -0.39 is 39.1 Å². The van der Waals surface area contributed by atoms with Crippen LogP contribution in [0.5, 0.6) is 0 Å². The molecule has 0 fully saturated rings. The zero-order valence-corrected chi connectivity index (χ0v) is 17.8. The molecule has 32 heavy (non-hydrogen) atoms. The van der Waals surface area contributed by atoms with E-state index in [1.54, 1.807) is 12.1 Å². The molecule has 0 heterocycles. The average molecular weight is 462 g/mol. The highest BCUT2D eigenvalue weighted by molar-refractivity contribution is 7.89. The molecule has 5 nitrogen and oxygen atoms in total. The van der Waals surface area contributed by atoms with E-state index in [4.69, 9.17) is 0 Å². The van der Waals surface area contributed by atoms with E-state index in [0.717, 1.165) is 17.7 Å². The molecular weight excluding hydrogens is 441 g/mol. The summed E-state index contributed by atoms with van der Waals surface area (Å²) < 4.78 is 67.2. The Balaban J connectivity index is 1.51. The van der Waals surface area contributed by atoms with Crippen molar-refractivity contribution in [2.24, 2.45) is 0 Å². The predicted octanol–water partition coefficient (Wildman–Crippen LogP) is 4.20. The molecule has 0 aliphatic heterocycles. The highest BCUT2D eigenvalue weighted by atomic mass is 32.2. The molecule has 1 amide bonds. The van der Waals surface area contributed by atoms with E-state index in [1.807, 2.05) is 30.3 Å². The van der Waals surface area contributed by atoms with Crippen LogP contribution in [-0.4, -0.2) is 20.9 Å². The maximum absolute atomic E-state index is 13.6. The summed E-state index contributed by atoms with van der Waals surface area (Å²) in [5, 5.41) is 2.19. The highest BCUT2D eigenvalue weighted by Crippen LogP contribution is 2.20. The Morgan fingerprint density at radius 2 is 1.44 bits per heavy atom. The van der Waals surface area contributed by atoms with Crippen molar-refractivity contribution in [2.75, 3.05) is 11.9 Å². The van der Waals surface area contributed by atoms with Crippen molar-refractivity contribution in [3.8, 4) is 0 Å². The summed E-state index contributed by atoms with van der Waals surface area (Å²) in [6, 6.07) is 17.2. The Kier molecular flexibility index (Phi) is 7.66. The minimum Gasteiger partial charge on any atom is -0.323 e. The standard InChI is InChI=1S/C23H21F3N2O3S/c24-19-11-12-20(23(26)22(19)25)28-21(29)13-8-17-6-9-18(10-7-17)32(30,31)27-15-14-16-4-2-1-3-5-16/h1-7,9-12,27H,8,13-15H2,(H,28,29). The van der Waals surface area contributed by atoms with E-state index in [1.165, 1.54) is 12.1 Å². The average Bonchev–Trinajstić information content (AvgIpc) is 2.79. The van der Waals surface area contributed by atoms with Gasteiger partial charge in [-0.3, -0.25) is 4.79 Å². The van der Waals surface area contributed by atoms with E-state index in [9.17, 15) is 26.4 Å². The van der Waals surface area contributed by atoms with Crippen LogP contribution in [0.2, 0.25) is 0 Å². The third-order valence-electron chi connectivity index (χ3n) is 4.73. The van der Waals surface area contributed by atoms with Crippen LogP contribution in [0.3, 0.4) is 0 Å². The number of hydrogen-bond donors (Lipinski definition) is 2. The van der Waals surface area contributed by atoms with Crippen molar-refractivity contribution in [3.05, 3.63) is 95.3 Å². The molecule has 0 unspecified atom stereocenters. The van der Waals surface area contributed by atoms with E-state index in [2.05, 4.69) is 10.0 Å². The van der Waals surface area contributed by atoms with Crippen LogP contribution in [0.15, 0.2) is 71.6 Å². The first-order valence-electron chi connectivity index (χ1n) is 9.82. The van der Waals surface area contributed by atoms with Crippen LogP contribution in [0.25, 0.3) is 0 Å². The molecule has 0 radical (unpaired) electrons. The molecule has 3 aromatic carbocycles. The predicted molar refractivity (Wildman–Crippen MR) is 115 cm³/mol. The van der Waals surface area contributed by atoms with Gasteiger partial charge in [-0.15, -0.1) is 0 Å². The molecule has 3 rings (SSSR count). The van der Waals surface area contributed by atoms with Gasteiger partial charge in [0, 0.05) is 13.0 Å². The van der Waals surface area contributed by atoms with Crippen molar-refractivity contribution in [1.82, 2.24) is 4.72 Å². The second-order valence-corrected chi connectivity index (χ2v) is 8.82. The van der Waals surface area contributed by atoms with Gasteiger partial charge >= 0.3 is 0 Å². The Morgan fingerprint density at radius 1 is 0.781 bits per heavy atom. The van der Waals surface area contributed by atoms with Crippen molar-refractivity contribution in [2.45, 2.75) is 24.2 Å². The molecule has 0 saturated heterocycles. The van der Waals surface area contributed by atoms with Crippen LogP contribution in [0.4, 0.5) is 18.9 Å². The number of aryl methyl sites for hydroxylation is 1. The number of sulfonamides is 1. The summed E-state index contributed by atoms with van der Waals surface area (Å²) in [5.74, 6) is -5.05. The second-order valence-electron chi connectivity index (χ2n) is 7.05. The zero-order chi connectivity index (χ0) is 23.1. The molecule has 0 bridgehead atoms. The second kappa shape index (κ2) is 10.4. The van der Waals surface area contributed by atoms with Gasteiger partial charge in [0.2, 0.25) is 15.9 Å². The molecule has 168 valence electrons. The van der Waals surface area contributed by atoms with Gasteiger partial charge < -0.3 is 5.32 Å². The molecule has 0 aliphatic carbocycles. The van der Waals surface area contributed by atoms with Crippen LogP contribution >= 0.6 is 0 Å². The summed E-state index contributed by atoms with van der Waals surface area (Å²) >= 11 is 0. The van der Waals surface area contributed by atoms with E-state index in [0.29, 0.717) is 12.0 Å². The van der Waals surface area contributed by atoms with Crippen LogP contribution in [-0.2, 0) is 27.7 Å². The lowest BCUT2D eigenvalue weighted by Crippen LogP contribution is -2.26. The van der Waals surface area contributed by atoms with Gasteiger partial charge in [-0.25, -0.2) is 26.3 Å². The van der Waals surface area contributed by atoms with Gasteiger partial charge in [-0.05, 0) is 48.2 Å². The first-order valence-corrected chi connectivity index (χ1v) is 11.3. The lowest BCUT2D eigenvalue weighted by Gasteiger charge is -2.09. The Morgan fingerprint density at radius 3 is 2.12 bits per heavy atom. The minimum atomic E-state index is -3.67. The normalized spacial score (nSPS) is 11.3. The van der Waals surface area contributed by atoms with Gasteiger partial charge in [0.25, 0.3) is 0 Å². The van der Waals surface area contributed by atoms with Gasteiger partial charge in [0.15, 0.2) is 17.5 Å². The van der Waals surface area contributed by atoms with Crippen LogP contribution in [0.1, 0.15) is 17.5 Å². The van der Waals surface area contributed by atoms with Crippen LogP contribution in [0, 0.1) is 17.5 Å². The third-order valence-corrected chi connectivity index (χ3v) is 6.21. The van der Waals surface area contributed by atoms with Gasteiger partial charge in [0.05, 0.1) is 10.6 Å². The number of carbonyl (C=O) groups is 1. The monoisotopic (exact) mass is 462 g/mol. The van der Waals surface area contributed by atoms with E-state index in [-0.39, 0.29) is 24.3 Å². The number of nitrogens with one attached hydrogen (secondary N) is 2. The Hall–Kier alpha value is -3.17. The molecule has 0 atom stereocenters. The van der Waals surface area contributed by atoms with E-state index >= 15 is 0 Å². The quantitative estimate of drug-likeness (QED) is 0.468. The molecule has 2 N–H and O–H groups in total. The number of rotatable bonds is 9. The number of benzene rings is 3. The number of amides is 1. The van der Waals surface area contributed by atoms with Gasteiger partial charge in [-0.1, -0.05) is 42.5 Å². The molecule has 3 aromatic rings. The Labute approximate surface area is 184 Å². The molecule has 9 heteroatoms. The molecule has 0 aromatic heterocycles. The number of anilines is 1. The van der Waals surface area contributed by atoms with Crippen LogP contribution < -0.4 is 10.0 Å². The molecule has 0 saturated carbocycles. The number of hydrogen-bond acceptors (Lipinski definition) is 3. The molecule has 0 aliphatic rings. The highest BCUT2D eigenvalue weighted by Gasteiger charge is 2.16. The number of carbonyl (C=O) groups excluding carboxylic acids is 1. The summed E-state index contributed by atoms with van der Waals surface area (Å²) in [6.45, 7) is 0.259. The lowest BCUT2D eigenvalue weighted by atomic mass is 10.1. The fourth-order valence-electron chi connectivity index (χ4n) is 2.99. The fourth-order valence-corrected chi connectivity index (χ4v) is 4.02. The topological polar surface area (TPSA) is 75.3 Å². The summed E-state index contributed by atoms with van der Waals surface area (Å²) in [7, 11) is -3.67.